The molecule has 1 fully saturated rings. The molecule has 1 heterocycles. The number of sulfone groups is 1. The second kappa shape index (κ2) is 12.7. The van der Waals surface area contributed by atoms with Gasteiger partial charge in [0.1, 0.15) is 15.6 Å². The van der Waals surface area contributed by atoms with Crippen LogP contribution in [0.5, 0.6) is 5.75 Å². The van der Waals surface area contributed by atoms with Gasteiger partial charge in [-0.2, -0.15) is 0 Å². The molecule has 9 heteroatoms. The van der Waals surface area contributed by atoms with Gasteiger partial charge in [-0.05, 0) is 43.7 Å². The molecule has 1 aliphatic heterocycles. The number of halogens is 1. The van der Waals surface area contributed by atoms with Gasteiger partial charge >= 0.3 is 0 Å². The first-order chi connectivity index (χ1) is 14.1. The summed E-state index contributed by atoms with van der Waals surface area (Å²) in [5.74, 6) is 1.87. The maximum atomic E-state index is 11.5. The number of rotatable bonds is 9. The number of nitrogens with one attached hydrogen (secondary N) is 2. The molecular weight excluding hydrogens is 527 g/mol. The number of methoxy groups -OCH3 is 1. The highest BCUT2D eigenvalue weighted by Gasteiger charge is 2.24. The van der Waals surface area contributed by atoms with Crippen LogP contribution in [0.15, 0.2) is 29.3 Å². The zero-order valence-corrected chi connectivity index (χ0v) is 22.6. The molecule has 0 aromatic heterocycles. The summed E-state index contributed by atoms with van der Waals surface area (Å²) in [6.07, 6.45) is 4.05. The van der Waals surface area contributed by atoms with Crippen LogP contribution < -0.4 is 20.3 Å². The van der Waals surface area contributed by atoms with E-state index in [1.807, 2.05) is 25.1 Å². The van der Waals surface area contributed by atoms with E-state index in [1.165, 1.54) is 6.26 Å². The second-order valence-corrected chi connectivity index (χ2v) is 11.1. The molecule has 0 saturated carbocycles. The summed E-state index contributed by atoms with van der Waals surface area (Å²) >= 11 is 0. The molecule has 2 N–H and O–H groups in total. The van der Waals surface area contributed by atoms with E-state index in [0.717, 1.165) is 49.9 Å². The zero-order chi connectivity index (χ0) is 22.2. The summed E-state index contributed by atoms with van der Waals surface area (Å²) in [6.45, 7) is 9.41. The Morgan fingerprint density at radius 3 is 2.68 bits per heavy atom. The number of hydrogen-bond donors (Lipinski definition) is 2. The van der Waals surface area contributed by atoms with Crippen molar-refractivity contribution in [2.45, 2.75) is 46.1 Å². The fourth-order valence-corrected chi connectivity index (χ4v) is 4.48. The number of aliphatic imine (C=N–C) groups is 1. The molecule has 7 nitrogen and oxygen atoms in total. The minimum Gasteiger partial charge on any atom is -0.495 e. The molecule has 1 atom stereocenters. The summed E-state index contributed by atoms with van der Waals surface area (Å²) in [5.41, 5.74) is 0.942. The Morgan fingerprint density at radius 1 is 1.32 bits per heavy atom. The number of anilines is 1. The third-order valence-electron chi connectivity index (χ3n) is 5.35. The highest BCUT2D eigenvalue weighted by atomic mass is 127. The van der Waals surface area contributed by atoms with E-state index in [1.54, 1.807) is 7.11 Å². The molecule has 1 unspecified atom stereocenters. The van der Waals surface area contributed by atoms with Crippen molar-refractivity contribution in [1.82, 2.24) is 10.6 Å². The van der Waals surface area contributed by atoms with Gasteiger partial charge in [0.05, 0.1) is 18.6 Å². The fraction of sp³-hybridized carbons (Fsp3) is 0.682. The molecule has 1 saturated heterocycles. The van der Waals surface area contributed by atoms with Gasteiger partial charge in [0.25, 0.3) is 0 Å². The number of guanidine groups is 1. The summed E-state index contributed by atoms with van der Waals surface area (Å²) in [7, 11) is -1.25. The van der Waals surface area contributed by atoms with Crippen LogP contribution in [0.4, 0.5) is 5.69 Å². The molecule has 0 radical (unpaired) electrons. The van der Waals surface area contributed by atoms with Crippen molar-refractivity contribution in [2.75, 3.05) is 50.2 Å². The number of benzene rings is 1. The lowest BCUT2D eigenvalue weighted by Gasteiger charge is -2.36. The first-order valence-corrected chi connectivity index (χ1v) is 12.8. The van der Waals surface area contributed by atoms with Crippen LogP contribution in [0.25, 0.3) is 0 Å². The molecule has 1 aromatic rings. The first kappa shape index (κ1) is 27.8. The predicted molar refractivity (Wildman–Crippen MR) is 141 cm³/mol. The third-order valence-corrected chi connectivity index (χ3v) is 6.29. The Labute approximate surface area is 205 Å². The van der Waals surface area contributed by atoms with E-state index in [2.05, 4.69) is 35.4 Å². The van der Waals surface area contributed by atoms with Gasteiger partial charge in [0, 0.05) is 38.5 Å². The molecule has 31 heavy (non-hydrogen) atoms. The van der Waals surface area contributed by atoms with Gasteiger partial charge in [0.15, 0.2) is 5.96 Å². The van der Waals surface area contributed by atoms with Gasteiger partial charge in [-0.15, -0.1) is 24.0 Å². The molecule has 0 amide bonds. The van der Waals surface area contributed by atoms with Gasteiger partial charge in [-0.1, -0.05) is 26.0 Å². The number of nitrogens with zero attached hydrogens (tertiary/aromatic N) is 2. The maximum Gasteiger partial charge on any atom is 0.191 e. The number of para-hydroxylation sites is 2. The second-order valence-electron chi connectivity index (χ2n) is 8.84. The molecule has 1 aliphatic rings. The van der Waals surface area contributed by atoms with Crippen LogP contribution in [0.3, 0.4) is 0 Å². The van der Waals surface area contributed by atoms with Crippen molar-refractivity contribution >= 4 is 45.5 Å². The SMILES string of the molecule is CCNC(=NCC(C)(C)CCS(C)(=O)=O)NC1CCCN(c2ccccc2OC)C1.I. The lowest BCUT2D eigenvalue weighted by Crippen LogP contribution is -2.51. The van der Waals surface area contributed by atoms with Crippen molar-refractivity contribution in [3.05, 3.63) is 24.3 Å². The third kappa shape index (κ3) is 9.84. The van der Waals surface area contributed by atoms with Crippen molar-refractivity contribution in [3.63, 3.8) is 0 Å². The van der Waals surface area contributed by atoms with Crippen molar-refractivity contribution in [2.24, 2.45) is 10.4 Å². The Kier molecular flexibility index (Phi) is 11.4. The summed E-state index contributed by atoms with van der Waals surface area (Å²) in [5, 5.41) is 6.91. The lowest BCUT2D eigenvalue weighted by molar-refractivity contribution is 0.364. The predicted octanol–water partition coefficient (Wildman–Crippen LogP) is 3.30. The topological polar surface area (TPSA) is 83.0 Å². The van der Waals surface area contributed by atoms with Crippen LogP contribution in [-0.4, -0.2) is 65.7 Å². The van der Waals surface area contributed by atoms with Crippen LogP contribution in [0.2, 0.25) is 0 Å². The molecular formula is C22H39IN4O3S. The van der Waals surface area contributed by atoms with Gasteiger partial charge in [0.2, 0.25) is 0 Å². The fourth-order valence-electron chi connectivity index (χ4n) is 3.55. The minimum atomic E-state index is -2.96. The number of piperidine rings is 1. The average molecular weight is 567 g/mol. The van der Waals surface area contributed by atoms with Gasteiger partial charge in [-0.3, -0.25) is 4.99 Å². The zero-order valence-electron chi connectivity index (χ0n) is 19.5. The summed E-state index contributed by atoms with van der Waals surface area (Å²) < 4.78 is 28.5. The van der Waals surface area contributed by atoms with Crippen molar-refractivity contribution in [1.29, 1.82) is 0 Å². The van der Waals surface area contributed by atoms with E-state index < -0.39 is 9.84 Å². The van der Waals surface area contributed by atoms with Crippen molar-refractivity contribution < 1.29 is 13.2 Å². The molecule has 178 valence electrons. The minimum absolute atomic E-state index is 0. The van der Waals surface area contributed by atoms with Gasteiger partial charge < -0.3 is 20.3 Å². The highest BCUT2D eigenvalue weighted by Crippen LogP contribution is 2.30. The van der Waals surface area contributed by atoms with Crippen LogP contribution in [-0.2, 0) is 9.84 Å². The van der Waals surface area contributed by atoms with E-state index in [4.69, 9.17) is 9.73 Å². The normalized spacial score (nSPS) is 17.6. The quantitative estimate of drug-likeness (QED) is 0.271. The number of ether oxygens (including phenoxy) is 1. The Hall–Kier alpha value is -1.23. The molecule has 0 aliphatic carbocycles. The Morgan fingerprint density at radius 2 is 2.03 bits per heavy atom. The van der Waals surface area contributed by atoms with E-state index in [-0.39, 0.29) is 41.2 Å². The molecule has 2 rings (SSSR count). The Balaban J connectivity index is 0.00000480. The Bertz CT molecular complexity index is 815. The van der Waals surface area contributed by atoms with Gasteiger partial charge in [-0.25, -0.2) is 8.42 Å². The number of hydrogen-bond acceptors (Lipinski definition) is 5. The van der Waals surface area contributed by atoms with Crippen LogP contribution in [0, 0.1) is 5.41 Å². The lowest BCUT2D eigenvalue weighted by atomic mass is 9.90. The van der Waals surface area contributed by atoms with Crippen LogP contribution in [0.1, 0.15) is 40.0 Å². The first-order valence-electron chi connectivity index (χ1n) is 10.7. The summed E-state index contributed by atoms with van der Waals surface area (Å²) in [6, 6.07) is 8.41. The van der Waals surface area contributed by atoms with E-state index >= 15 is 0 Å². The molecule has 0 spiro atoms. The maximum absolute atomic E-state index is 11.5. The van der Waals surface area contributed by atoms with Crippen molar-refractivity contribution in [3.8, 4) is 5.75 Å². The highest BCUT2D eigenvalue weighted by molar-refractivity contribution is 14.0. The molecule has 0 bridgehead atoms. The molecule has 1 aromatic carbocycles. The smallest absolute Gasteiger partial charge is 0.191 e. The monoisotopic (exact) mass is 566 g/mol. The van der Waals surface area contributed by atoms with Crippen LogP contribution >= 0.6 is 24.0 Å². The van der Waals surface area contributed by atoms with E-state index in [9.17, 15) is 8.42 Å². The average Bonchev–Trinajstić information content (AvgIpc) is 2.71. The summed E-state index contributed by atoms with van der Waals surface area (Å²) in [4.78, 5) is 7.13. The standard InChI is InChI=1S/C22H38N4O3S.HI/c1-6-23-21(24-17-22(2,3)13-15-30(5,27)28)25-18-10-9-14-26(16-18)19-11-7-8-12-20(19)29-4;/h7-8,11-12,18H,6,9-10,13-17H2,1-5H3,(H2,23,24,25);1H. The largest absolute Gasteiger partial charge is 0.495 e. The van der Waals surface area contributed by atoms with E-state index in [0.29, 0.717) is 13.0 Å².